The number of fused-ring (bicyclic) bond motifs is 1. The number of allylic oxidation sites excluding steroid dienone is 1. The summed E-state index contributed by atoms with van der Waals surface area (Å²) >= 11 is 0. The minimum atomic E-state index is -0.638. The highest BCUT2D eigenvalue weighted by atomic mass is 16.1. The van der Waals surface area contributed by atoms with E-state index in [1.807, 2.05) is 61.5 Å². The smallest absolute Gasteiger partial charge is 0.169 e. The van der Waals surface area contributed by atoms with E-state index < -0.39 is 5.41 Å². The Morgan fingerprint density at radius 3 is 2.43 bits per heavy atom. The SMILES string of the molecule is C=C(Cc1ccccc1)C(=O)CC1(C)Cc2ccccc2C1=O. The first-order valence-corrected chi connectivity index (χ1v) is 7.87. The van der Waals surface area contributed by atoms with Crippen LogP contribution < -0.4 is 0 Å². The fourth-order valence-corrected chi connectivity index (χ4v) is 3.28. The van der Waals surface area contributed by atoms with Gasteiger partial charge in [-0.2, -0.15) is 0 Å². The summed E-state index contributed by atoms with van der Waals surface area (Å²) in [6.07, 6.45) is 1.40. The molecule has 0 radical (unpaired) electrons. The Hall–Kier alpha value is -2.48. The third-order valence-electron chi connectivity index (χ3n) is 4.60. The van der Waals surface area contributed by atoms with Crippen LogP contribution in [0.1, 0.15) is 34.8 Å². The molecule has 0 heterocycles. The van der Waals surface area contributed by atoms with Crippen molar-refractivity contribution in [2.24, 2.45) is 5.41 Å². The van der Waals surface area contributed by atoms with Crippen LogP contribution in [0.5, 0.6) is 0 Å². The van der Waals surface area contributed by atoms with Gasteiger partial charge in [0.2, 0.25) is 0 Å². The predicted molar refractivity (Wildman–Crippen MR) is 91.5 cm³/mol. The van der Waals surface area contributed by atoms with Gasteiger partial charge in [0.05, 0.1) is 0 Å². The van der Waals surface area contributed by atoms with Crippen molar-refractivity contribution in [3.8, 4) is 0 Å². The molecular formula is C21H20O2. The van der Waals surface area contributed by atoms with E-state index >= 15 is 0 Å². The lowest BCUT2D eigenvalue weighted by Crippen LogP contribution is -2.28. The van der Waals surface area contributed by atoms with Crippen LogP contribution in [-0.4, -0.2) is 11.6 Å². The van der Waals surface area contributed by atoms with Crippen LogP contribution in [0.15, 0.2) is 66.7 Å². The molecular weight excluding hydrogens is 284 g/mol. The zero-order chi connectivity index (χ0) is 16.4. The fraction of sp³-hybridized carbons (Fsp3) is 0.238. The maximum Gasteiger partial charge on any atom is 0.169 e. The van der Waals surface area contributed by atoms with Gasteiger partial charge in [0.1, 0.15) is 0 Å². The molecule has 2 heteroatoms. The Morgan fingerprint density at radius 1 is 1.09 bits per heavy atom. The zero-order valence-electron chi connectivity index (χ0n) is 13.3. The van der Waals surface area contributed by atoms with Gasteiger partial charge in [-0.3, -0.25) is 9.59 Å². The second kappa shape index (κ2) is 5.96. The Labute approximate surface area is 136 Å². The average molecular weight is 304 g/mol. The molecule has 0 aromatic heterocycles. The summed E-state index contributed by atoms with van der Waals surface area (Å²) in [5.74, 6) is 0.0615. The average Bonchev–Trinajstić information content (AvgIpc) is 2.79. The minimum absolute atomic E-state index is 0.0162. The van der Waals surface area contributed by atoms with Gasteiger partial charge >= 0.3 is 0 Å². The monoisotopic (exact) mass is 304 g/mol. The van der Waals surface area contributed by atoms with Gasteiger partial charge in [-0.25, -0.2) is 0 Å². The summed E-state index contributed by atoms with van der Waals surface area (Å²) in [5.41, 5.74) is 2.80. The third kappa shape index (κ3) is 3.02. The number of benzene rings is 2. The molecule has 0 aliphatic heterocycles. The standard InChI is InChI=1S/C21H20O2/c1-15(12-16-8-4-3-5-9-16)19(22)14-21(2)13-17-10-6-7-11-18(17)20(21)23/h3-11H,1,12-14H2,2H3. The molecule has 3 rings (SSSR count). The molecule has 0 bridgehead atoms. The van der Waals surface area contributed by atoms with E-state index in [-0.39, 0.29) is 18.0 Å². The molecule has 2 nitrogen and oxygen atoms in total. The first kappa shape index (κ1) is 15.4. The van der Waals surface area contributed by atoms with Gasteiger partial charge < -0.3 is 0 Å². The van der Waals surface area contributed by atoms with Gasteiger partial charge in [-0.05, 0) is 23.1 Å². The number of carbonyl (C=O) groups excluding carboxylic acids is 2. The van der Waals surface area contributed by atoms with Crippen LogP contribution in [0, 0.1) is 5.41 Å². The zero-order valence-corrected chi connectivity index (χ0v) is 13.3. The van der Waals surface area contributed by atoms with E-state index in [4.69, 9.17) is 0 Å². The number of ketones is 2. The molecule has 2 aromatic carbocycles. The van der Waals surface area contributed by atoms with Crippen molar-refractivity contribution in [2.45, 2.75) is 26.2 Å². The third-order valence-corrected chi connectivity index (χ3v) is 4.60. The molecule has 0 saturated carbocycles. The summed E-state index contributed by atoms with van der Waals surface area (Å²) in [7, 11) is 0. The van der Waals surface area contributed by atoms with Crippen molar-refractivity contribution in [3.05, 3.63) is 83.4 Å². The number of rotatable bonds is 5. The summed E-state index contributed by atoms with van der Waals surface area (Å²) in [6, 6.07) is 17.5. The predicted octanol–water partition coefficient (Wildman–Crippen LogP) is 4.19. The van der Waals surface area contributed by atoms with Crippen LogP contribution in [0.2, 0.25) is 0 Å². The maximum absolute atomic E-state index is 12.7. The lowest BCUT2D eigenvalue weighted by Gasteiger charge is -2.21. The van der Waals surface area contributed by atoms with Crippen molar-refractivity contribution >= 4 is 11.6 Å². The number of carbonyl (C=O) groups is 2. The van der Waals surface area contributed by atoms with Gasteiger partial charge in [0, 0.05) is 23.8 Å². The van der Waals surface area contributed by atoms with Crippen molar-refractivity contribution in [3.63, 3.8) is 0 Å². The van der Waals surface area contributed by atoms with Crippen LogP contribution in [0.25, 0.3) is 0 Å². The van der Waals surface area contributed by atoms with Gasteiger partial charge in [0.25, 0.3) is 0 Å². The molecule has 0 N–H and O–H groups in total. The van der Waals surface area contributed by atoms with Gasteiger partial charge in [0.15, 0.2) is 11.6 Å². The first-order chi connectivity index (χ1) is 11.0. The van der Waals surface area contributed by atoms with Crippen LogP contribution >= 0.6 is 0 Å². The van der Waals surface area contributed by atoms with Crippen LogP contribution in [-0.2, 0) is 17.6 Å². The second-order valence-electron chi connectivity index (χ2n) is 6.59. The second-order valence-corrected chi connectivity index (χ2v) is 6.59. The van der Waals surface area contributed by atoms with E-state index in [0.29, 0.717) is 18.4 Å². The minimum Gasteiger partial charge on any atom is -0.295 e. The topological polar surface area (TPSA) is 34.1 Å². The number of hydrogen-bond acceptors (Lipinski definition) is 2. The summed E-state index contributed by atoms with van der Waals surface area (Å²) in [6.45, 7) is 5.83. The quantitative estimate of drug-likeness (QED) is 0.776. The summed E-state index contributed by atoms with van der Waals surface area (Å²) in [4.78, 5) is 25.2. The molecule has 1 aliphatic rings. The van der Waals surface area contributed by atoms with Crippen molar-refractivity contribution in [1.82, 2.24) is 0 Å². The van der Waals surface area contributed by atoms with Crippen molar-refractivity contribution in [2.75, 3.05) is 0 Å². The molecule has 0 fully saturated rings. The first-order valence-electron chi connectivity index (χ1n) is 7.87. The Balaban J connectivity index is 1.71. The Kier molecular flexibility index (Phi) is 3.99. The van der Waals surface area contributed by atoms with Crippen molar-refractivity contribution in [1.29, 1.82) is 0 Å². The summed E-state index contributed by atoms with van der Waals surface area (Å²) in [5, 5.41) is 0. The van der Waals surface area contributed by atoms with Gasteiger partial charge in [-0.15, -0.1) is 0 Å². The molecule has 116 valence electrons. The Morgan fingerprint density at radius 2 is 1.74 bits per heavy atom. The molecule has 1 atom stereocenters. The molecule has 0 saturated heterocycles. The highest BCUT2D eigenvalue weighted by molar-refractivity contribution is 6.08. The van der Waals surface area contributed by atoms with Gasteiger partial charge in [-0.1, -0.05) is 68.1 Å². The van der Waals surface area contributed by atoms with E-state index in [1.165, 1.54) is 0 Å². The Bertz CT molecular complexity index is 773. The molecule has 0 amide bonds. The normalized spacial score (nSPS) is 19.4. The van der Waals surface area contributed by atoms with Crippen LogP contribution in [0.4, 0.5) is 0 Å². The van der Waals surface area contributed by atoms with E-state index in [1.54, 1.807) is 0 Å². The lowest BCUT2D eigenvalue weighted by atomic mass is 9.79. The molecule has 1 aliphatic carbocycles. The molecule has 1 unspecified atom stereocenters. The van der Waals surface area contributed by atoms with E-state index in [9.17, 15) is 9.59 Å². The largest absolute Gasteiger partial charge is 0.295 e. The molecule has 2 aromatic rings. The number of Topliss-reactive ketones (excluding diaryl/α,β-unsaturated/α-hetero) is 2. The lowest BCUT2D eigenvalue weighted by molar-refractivity contribution is -0.117. The van der Waals surface area contributed by atoms with E-state index in [0.717, 1.165) is 16.7 Å². The highest BCUT2D eigenvalue weighted by Crippen LogP contribution is 2.39. The van der Waals surface area contributed by atoms with Crippen LogP contribution in [0.3, 0.4) is 0 Å². The van der Waals surface area contributed by atoms with E-state index in [2.05, 4.69) is 6.58 Å². The number of hydrogen-bond donors (Lipinski definition) is 0. The molecule has 23 heavy (non-hydrogen) atoms. The molecule has 0 spiro atoms. The highest BCUT2D eigenvalue weighted by Gasteiger charge is 2.42. The van der Waals surface area contributed by atoms with Crippen molar-refractivity contribution < 1.29 is 9.59 Å². The maximum atomic E-state index is 12.7. The fourth-order valence-electron chi connectivity index (χ4n) is 3.28. The summed E-state index contributed by atoms with van der Waals surface area (Å²) < 4.78 is 0.